The van der Waals surface area contributed by atoms with E-state index in [1.807, 2.05) is 0 Å². The van der Waals surface area contributed by atoms with Crippen LogP contribution in [0.15, 0.2) is 0 Å². The number of hydrogen-bond donors (Lipinski definition) is 1. The quantitative estimate of drug-likeness (QED) is 0.646. The van der Waals surface area contributed by atoms with Crippen molar-refractivity contribution in [2.24, 2.45) is 5.41 Å². The SMILES string of the molecule is CCC1(CC)C[C@@H](C)NC1=O. The molecule has 0 bridgehead atoms. The van der Waals surface area contributed by atoms with Gasteiger partial charge in [0.25, 0.3) is 0 Å². The maximum absolute atomic E-state index is 11.5. The van der Waals surface area contributed by atoms with Gasteiger partial charge in [0.15, 0.2) is 0 Å². The second-order valence-electron chi connectivity index (χ2n) is 3.57. The molecule has 11 heavy (non-hydrogen) atoms. The van der Waals surface area contributed by atoms with Crippen molar-refractivity contribution in [1.29, 1.82) is 0 Å². The summed E-state index contributed by atoms with van der Waals surface area (Å²) >= 11 is 0. The highest BCUT2D eigenvalue weighted by atomic mass is 16.2. The molecule has 0 aromatic carbocycles. The zero-order chi connectivity index (χ0) is 8.48. The van der Waals surface area contributed by atoms with Gasteiger partial charge in [-0.05, 0) is 26.2 Å². The van der Waals surface area contributed by atoms with E-state index in [4.69, 9.17) is 0 Å². The van der Waals surface area contributed by atoms with Crippen LogP contribution in [0.2, 0.25) is 0 Å². The van der Waals surface area contributed by atoms with Crippen LogP contribution >= 0.6 is 0 Å². The molecule has 1 heterocycles. The number of nitrogens with one attached hydrogen (secondary N) is 1. The van der Waals surface area contributed by atoms with E-state index in [0.717, 1.165) is 19.3 Å². The highest BCUT2D eigenvalue weighted by Gasteiger charge is 2.41. The summed E-state index contributed by atoms with van der Waals surface area (Å²) in [5.41, 5.74) is -0.0422. The van der Waals surface area contributed by atoms with E-state index in [9.17, 15) is 4.79 Å². The Hall–Kier alpha value is -0.530. The van der Waals surface area contributed by atoms with E-state index in [0.29, 0.717) is 6.04 Å². The second-order valence-corrected chi connectivity index (χ2v) is 3.57. The molecule has 1 N–H and O–H groups in total. The molecule has 0 spiro atoms. The van der Waals surface area contributed by atoms with Gasteiger partial charge in [-0.3, -0.25) is 4.79 Å². The lowest BCUT2D eigenvalue weighted by atomic mass is 9.80. The van der Waals surface area contributed by atoms with Crippen LogP contribution in [0.1, 0.15) is 40.0 Å². The van der Waals surface area contributed by atoms with Crippen LogP contribution in [0.3, 0.4) is 0 Å². The van der Waals surface area contributed by atoms with E-state index in [1.54, 1.807) is 0 Å². The first kappa shape index (κ1) is 8.57. The second kappa shape index (κ2) is 2.84. The lowest BCUT2D eigenvalue weighted by Gasteiger charge is -2.21. The third-order valence-electron chi connectivity index (χ3n) is 2.91. The molecule has 1 amide bonds. The van der Waals surface area contributed by atoms with Crippen LogP contribution in [-0.2, 0) is 4.79 Å². The molecule has 1 aliphatic heterocycles. The summed E-state index contributed by atoms with van der Waals surface area (Å²) < 4.78 is 0. The Morgan fingerprint density at radius 3 is 2.27 bits per heavy atom. The minimum atomic E-state index is -0.0422. The molecule has 1 saturated heterocycles. The minimum Gasteiger partial charge on any atom is -0.353 e. The standard InChI is InChI=1S/C9H17NO/c1-4-9(5-2)6-7(3)10-8(9)11/h7H,4-6H2,1-3H3,(H,10,11)/t7-/m1/s1. The fourth-order valence-electron chi connectivity index (χ4n) is 1.97. The number of hydrogen-bond acceptors (Lipinski definition) is 1. The fraction of sp³-hybridized carbons (Fsp3) is 0.889. The van der Waals surface area contributed by atoms with Crippen LogP contribution in [-0.4, -0.2) is 11.9 Å². The van der Waals surface area contributed by atoms with E-state index in [1.165, 1.54) is 0 Å². The maximum Gasteiger partial charge on any atom is 0.226 e. The Labute approximate surface area is 68.4 Å². The number of amides is 1. The minimum absolute atomic E-state index is 0.0422. The van der Waals surface area contributed by atoms with Crippen molar-refractivity contribution in [3.8, 4) is 0 Å². The van der Waals surface area contributed by atoms with Crippen LogP contribution < -0.4 is 5.32 Å². The first-order valence-electron chi connectivity index (χ1n) is 4.45. The Bertz CT molecular complexity index is 161. The van der Waals surface area contributed by atoms with Crippen molar-refractivity contribution in [3.63, 3.8) is 0 Å². The van der Waals surface area contributed by atoms with Crippen LogP contribution in [0.25, 0.3) is 0 Å². The van der Waals surface area contributed by atoms with Crippen molar-refractivity contribution in [3.05, 3.63) is 0 Å². The topological polar surface area (TPSA) is 29.1 Å². The van der Waals surface area contributed by atoms with Crippen LogP contribution in [0.4, 0.5) is 0 Å². The summed E-state index contributed by atoms with van der Waals surface area (Å²) in [6.07, 6.45) is 2.96. The van der Waals surface area contributed by atoms with Gasteiger partial charge in [0, 0.05) is 6.04 Å². The largest absolute Gasteiger partial charge is 0.353 e. The third kappa shape index (κ3) is 1.26. The molecule has 0 aromatic rings. The summed E-state index contributed by atoms with van der Waals surface area (Å²) in [7, 11) is 0. The summed E-state index contributed by atoms with van der Waals surface area (Å²) in [6.45, 7) is 6.27. The average Bonchev–Trinajstić information content (AvgIpc) is 2.27. The lowest BCUT2D eigenvalue weighted by Crippen LogP contribution is -2.30. The molecule has 1 fully saturated rings. The predicted molar refractivity (Wildman–Crippen MR) is 45.2 cm³/mol. The zero-order valence-electron chi connectivity index (χ0n) is 7.61. The Morgan fingerprint density at radius 1 is 1.55 bits per heavy atom. The number of rotatable bonds is 2. The van der Waals surface area contributed by atoms with Crippen LogP contribution in [0.5, 0.6) is 0 Å². The van der Waals surface area contributed by atoms with Crippen molar-refractivity contribution >= 4 is 5.91 Å². The van der Waals surface area contributed by atoms with Crippen LogP contribution in [0, 0.1) is 5.41 Å². The average molecular weight is 155 g/mol. The molecule has 0 radical (unpaired) electrons. The van der Waals surface area contributed by atoms with Gasteiger partial charge < -0.3 is 5.32 Å². The molecule has 0 aromatic heterocycles. The van der Waals surface area contributed by atoms with E-state index < -0.39 is 0 Å². The van der Waals surface area contributed by atoms with Gasteiger partial charge in [-0.1, -0.05) is 13.8 Å². The summed E-state index contributed by atoms with van der Waals surface area (Å²) in [6, 6.07) is 0.377. The lowest BCUT2D eigenvalue weighted by molar-refractivity contribution is -0.128. The van der Waals surface area contributed by atoms with Crippen molar-refractivity contribution < 1.29 is 4.79 Å². The molecule has 2 heteroatoms. The van der Waals surface area contributed by atoms with Crippen molar-refractivity contribution in [2.45, 2.75) is 46.1 Å². The molecule has 1 rings (SSSR count). The first-order valence-corrected chi connectivity index (χ1v) is 4.45. The Morgan fingerprint density at radius 2 is 2.09 bits per heavy atom. The molecular weight excluding hydrogens is 138 g/mol. The maximum atomic E-state index is 11.5. The van der Waals surface area contributed by atoms with Gasteiger partial charge in [0.05, 0.1) is 5.41 Å². The molecule has 0 unspecified atom stereocenters. The van der Waals surface area contributed by atoms with Crippen molar-refractivity contribution in [1.82, 2.24) is 5.32 Å². The zero-order valence-corrected chi connectivity index (χ0v) is 7.61. The first-order chi connectivity index (χ1) is 5.14. The predicted octanol–water partition coefficient (Wildman–Crippen LogP) is 1.70. The molecule has 1 aliphatic rings. The van der Waals surface area contributed by atoms with Gasteiger partial charge in [-0.2, -0.15) is 0 Å². The monoisotopic (exact) mass is 155 g/mol. The van der Waals surface area contributed by atoms with Gasteiger partial charge >= 0.3 is 0 Å². The third-order valence-corrected chi connectivity index (χ3v) is 2.91. The highest BCUT2D eigenvalue weighted by Crippen LogP contribution is 2.36. The smallest absolute Gasteiger partial charge is 0.226 e. The Kier molecular flexibility index (Phi) is 2.21. The van der Waals surface area contributed by atoms with Crippen molar-refractivity contribution in [2.75, 3.05) is 0 Å². The van der Waals surface area contributed by atoms with Gasteiger partial charge in [-0.15, -0.1) is 0 Å². The van der Waals surface area contributed by atoms with Gasteiger partial charge in [0.1, 0.15) is 0 Å². The summed E-state index contributed by atoms with van der Waals surface area (Å²) in [5, 5.41) is 2.97. The number of carbonyl (C=O) groups is 1. The molecule has 64 valence electrons. The molecule has 0 saturated carbocycles. The summed E-state index contributed by atoms with van der Waals surface area (Å²) in [5.74, 6) is 0.259. The van der Waals surface area contributed by atoms with Gasteiger partial charge in [0.2, 0.25) is 5.91 Å². The highest BCUT2D eigenvalue weighted by molar-refractivity contribution is 5.85. The molecular formula is C9H17NO. The van der Waals surface area contributed by atoms with E-state index in [2.05, 4.69) is 26.1 Å². The molecule has 1 atom stereocenters. The fourth-order valence-corrected chi connectivity index (χ4v) is 1.97. The van der Waals surface area contributed by atoms with E-state index in [-0.39, 0.29) is 11.3 Å². The molecule has 2 nitrogen and oxygen atoms in total. The number of carbonyl (C=O) groups excluding carboxylic acids is 1. The Balaban J connectivity index is 2.76. The normalized spacial score (nSPS) is 28.6. The van der Waals surface area contributed by atoms with Gasteiger partial charge in [-0.25, -0.2) is 0 Å². The summed E-state index contributed by atoms with van der Waals surface area (Å²) in [4.78, 5) is 11.5. The molecule has 0 aliphatic carbocycles. The van der Waals surface area contributed by atoms with E-state index >= 15 is 0 Å².